The van der Waals surface area contributed by atoms with Gasteiger partial charge in [-0.25, -0.2) is 0 Å². The lowest BCUT2D eigenvalue weighted by Crippen LogP contribution is -2.42. The van der Waals surface area contributed by atoms with E-state index in [1.165, 1.54) is 0 Å². The van der Waals surface area contributed by atoms with Gasteiger partial charge in [-0.05, 0) is 67.6 Å². The highest BCUT2D eigenvalue weighted by Gasteiger charge is 2.41. The molecule has 1 saturated heterocycles. The Kier molecular flexibility index (Phi) is 6.63. The highest BCUT2D eigenvalue weighted by molar-refractivity contribution is 6.30. The fraction of sp³-hybridized carbons (Fsp3) is 0.440. The number of halogens is 1. The van der Waals surface area contributed by atoms with Gasteiger partial charge in [0.1, 0.15) is 0 Å². The summed E-state index contributed by atoms with van der Waals surface area (Å²) in [6.07, 6.45) is 6.66. The summed E-state index contributed by atoms with van der Waals surface area (Å²) in [5.74, 6) is -0.231. The zero-order chi connectivity index (χ0) is 21.8. The third-order valence-electron chi connectivity index (χ3n) is 6.78. The summed E-state index contributed by atoms with van der Waals surface area (Å²) < 4.78 is 0. The average Bonchev–Trinajstić information content (AvgIpc) is 3.23. The smallest absolute Gasteiger partial charge is 0.235 e. The molecule has 4 rings (SSSR count). The fourth-order valence-corrected chi connectivity index (χ4v) is 5.35. The molecule has 2 amide bonds. The molecule has 1 aliphatic heterocycles. The van der Waals surface area contributed by atoms with Gasteiger partial charge in [0.15, 0.2) is 0 Å². The van der Waals surface area contributed by atoms with Gasteiger partial charge in [-0.1, -0.05) is 55.1 Å². The van der Waals surface area contributed by atoms with Crippen LogP contribution in [0.4, 0.5) is 5.69 Å². The molecule has 2 fully saturated rings. The summed E-state index contributed by atoms with van der Waals surface area (Å²) in [5.41, 5.74) is 7.84. The molecule has 1 aliphatic carbocycles. The number of carbonyl (C=O) groups is 2. The molecule has 1 unspecified atom stereocenters. The summed E-state index contributed by atoms with van der Waals surface area (Å²) >= 11 is 6.26. The van der Waals surface area contributed by atoms with E-state index >= 15 is 0 Å². The molecular formula is C25H30ClN3O2. The molecule has 5 nitrogen and oxygen atoms in total. The number of nitrogens with two attached hydrogens (primary N) is 1. The lowest BCUT2D eigenvalue weighted by atomic mass is 9.68. The largest absolute Gasteiger partial charge is 0.368 e. The van der Waals surface area contributed by atoms with Crippen LogP contribution in [0.25, 0.3) is 0 Å². The van der Waals surface area contributed by atoms with Crippen LogP contribution in [-0.2, 0) is 21.5 Å². The highest BCUT2D eigenvalue weighted by atomic mass is 35.5. The second kappa shape index (κ2) is 9.41. The first kappa shape index (κ1) is 21.8. The van der Waals surface area contributed by atoms with Crippen molar-refractivity contribution in [3.8, 4) is 0 Å². The van der Waals surface area contributed by atoms with E-state index in [0.717, 1.165) is 68.3 Å². The molecule has 2 aliphatic rings. The first-order valence-electron chi connectivity index (χ1n) is 11.2. The number of rotatable bonds is 6. The van der Waals surface area contributed by atoms with Gasteiger partial charge in [0.25, 0.3) is 0 Å². The van der Waals surface area contributed by atoms with E-state index in [4.69, 9.17) is 17.3 Å². The number of amides is 2. The van der Waals surface area contributed by atoms with Crippen molar-refractivity contribution in [3.63, 3.8) is 0 Å². The van der Waals surface area contributed by atoms with Crippen LogP contribution in [0.15, 0.2) is 48.5 Å². The van der Waals surface area contributed by atoms with Gasteiger partial charge < -0.3 is 11.1 Å². The van der Waals surface area contributed by atoms with E-state index in [-0.39, 0.29) is 17.9 Å². The third kappa shape index (κ3) is 4.78. The molecule has 2 aromatic rings. The van der Waals surface area contributed by atoms with Crippen LogP contribution in [-0.4, -0.2) is 29.3 Å². The van der Waals surface area contributed by atoms with Crippen molar-refractivity contribution in [2.75, 3.05) is 11.9 Å². The van der Waals surface area contributed by atoms with Crippen molar-refractivity contribution in [1.82, 2.24) is 4.90 Å². The Bertz CT molecular complexity index is 955. The predicted molar refractivity (Wildman–Crippen MR) is 124 cm³/mol. The minimum Gasteiger partial charge on any atom is -0.368 e. The van der Waals surface area contributed by atoms with Crippen LogP contribution in [0, 0.1) is 0 Å². The number of hydrogen-bond acceptors (Lipinski definition) is 3. The number of nitrogens with one attached hydrogen (secondary N) is 1. The average molecular weight is 440 g/mol. The van der Waals surface area contributed by atoms with Crippen LogP contribution < -0.4 is 11.1 Å². The predicted octanol–water partition coefficient (Wildman–Crippen LogP) is 4.63. The van der Waals surface area contributed by atoms with Crippen LogP contribution in [0.3, 0.4) is 0 Å². The molecule has 1 saturated carbocycles. The molecule has 6 heteroatoms. The Labute approximate surface area is 188 Å². The van der Waals surface area contributed by atoms with Crippen molar-refractivity contribution < 1.29 is 9.59 Å². The topological polar surface area (TPSA) is 75.4 Å². The molecule has 1 atom stereocenters. The molecule has 0 spiro atoms. The van der Waals surface area contributed by atoms with Gasteiger partial charge in [0, 0.05) is 17.3 Å². The van der Waals surface area contributed by atoms with E-state index in [2.05, 4.69) is 10.2 Å². The first-order chi connectivity index (χ1) is 15.0. The Balaban J connectivity index is 1.53. The van der Waals surface area contributed by atoms with Crippen molar-refractivity contribution in [3.05, 3.63) is 64.7 Å². The van der Waals surface area contributed by atoms with Crippen LogP contribution in [0.1, 0.15) is 56.1 Å². The monoisotopic (exact) mass is 439 g/mol. The zero-order valence-corrected chi connectivity index (χ0v) is 18.5. The summed E-state index contributed by atoms with van der Waals surface area (Å²) in [7, 11) is 0. The molecule has 0 aromatic heterocycles. The first-order valence-corrected chi connectivity index (χ1v) is 11.6. The normalized spacial score (nSPS) is 21.0. The zero-order valence-electron chi connectivity index (χ0n) is 17.8. The molecule has 1 heterocycles. The summed E-state index contributed by atoms with van der Waals surface area (Å²) in [4.78, 5) is 27.4. The summed E-state index contributed by atoms with van der Waals surface area (Å²) in [6.45, 7) is 1.51. The van der Waals surface area contributed by atoms with Crippen LogP contribution >= 0.6 is 11.6 Å². The molecule has 0 radical (unpaired) electrons. The van der Waals surface area contributed by atoms with Crippen LogP contribution in [0.5, 0.6) is 0 Å². The van der Waals surface area contributed by atoms with Crippen molar-refractivity contribution >= 4 is 29.1 Å². The van der Waals surface area contributed by atoms with Crippen LogP contribution in [0.2, 0.25) is 5.02 Å². The second-order valence-electron chi connectivity index (χ2n) is 8.84. The molecule has 3 N–H and O–H groups in total. The van der Waals surface area contributed by atoms with E-state index < -0.39 is 5.41 Å². The maximum atomic E-state index is 13.6. The number of anilines is 1. The van der Waals surface area contributed by atoms with E-state index in [1.54, 1.807) is 0 Å². The quantitative estimate of drug-likeness (QED) is 0.688. The van der Waals surface area contributed by atoms with Gasteiger partial charge >= 0.3 is 0 Å². The lowest BCUT2D eigenvalue weighted by Gasteiger charge is -2.36. The standard InChI is InChI=1S/C25H30ClN3O2/c26-20-9-5-8-19(16-20)25(12-2-1-3-13-25)24(31)28-21-10-4-7-18(15-21)17-29-14-6-11-22(29)23(27)30/h4-5,7-10,15-16,22H,1-3,6,11-14,17H2,(H2,27,30)(H,28,31). The molecule has 31 heavy (non-hydrogen) atoms. The SMILES string of the molecule is NC(=O)C1CCCN1Cc1cccc(NC(=O)C2(c3cccc(Cl)c3)CCCCC2)c1. The molecule has 0 bridgehead atoms. The summed E-state index contributed by atoms with van der Waals surface area (Å²) in [5, 5.41) is 3.84. The maximum Gasteiger partial charge on any atom is 0.235 e. The number of carbonyl (C=O) groups excluding carboxylic acids is 2. The van der Waals surface area contributed by atoms with Gasteiger partial charge in [-0.3, -0.25) is 14.5 Å². The van der Waals surface area contributed by atoms with Gasteiger partial charge in [0.2, 0.25) is 11.8 Å². The van der Waals surface area contributed by atoms with Gasteiger partial charge in [-0.15, -0.1) is 0 Å². The molecular weight excluding hydrogens is 410 g/mol. The van der Waals surface area contributed by atoms with Gasteiger partial charge in [0.05, 0.1) is 11.5 Å². The lowest BCUT2D eigenvalue weighted by molar-refractivity contribution is -0.123. The van der Waals surface area contributed by atoms with Crippen molar-refractivity contribution in [1.29, 1.82) is 0 Å². The summed E-state index contributed by atoms with van der Waals surface area (Å²) in [6, 6.07) is 15.4. The number of benzene rings is 2. The van der Waals surface area contributed by atoms with E-state index in [0.29, 0.717) is 11.6 Å². The Hall–Kier alpha value is -2.37. The highest BCUT2D eigenvalue weighted by Crippen LogP contribution is 2.41. The molecule has 164 valence electrons. The Morgan fingerprint density at radius 1 is 1.06 bits per heavy atom. The molecule has 2 aromatic carbocycles. The third-order valence-corrected chi connectivity index (χ3v) is 7.02. The number of hydrogen-bond donors (Lipinski definition) is 2. The Morgan fingerprint density at radius 2 is 1.84 bits per heavy atom. The van der Waals surface area contributed by atoms with E-state index in [1.807, 2.05) is 48.5 Å². The minimum atomic E-state index is -0.550. The van der Waals surface area contributed by atoms with Gasteiger partial charge in [-0.2, -0.15) is 0 Å². The van der Waals surface area contributed by atoms with Crippen molar-refractivity contribution in [2.45, 2.75) is 62.9 Å². The minimum absolute atomic E-state index is 0.0304. The number of primary amides is 1. The van der Waals surface area contributed by atoms with E-state index in [9.17, 15) is 9.59 Å². The number of likely N-dealkylation sites (tertiary alicyclic amines) is 1. The number of nitrogens with zero attached hydrogens (tertiary/aromatic N) is 1. The fourth-order valence-electron chi connectivity index (χ4n) is 5.16. The second-order valence-corrected chi connectivity index (χ2v) is 9.27. The Morgan fingerprint density at radius 3 is 2.58 bits per heavy atom. The van der Waals surface area contributed by atoms with Crippen molar-refractivity contribution in [2.24, 2.45) is 5.73 Å². The maximum absolute atomic E-state index is 13.6.